The van der Waals surface area contributed by atoms with Crippen LogP contribution in [0.5, 0.6) is 0 Å². The highest BCUT2D eigenvalue weighted by atomic mass is 14.8. The van der Waals surface area contributed by atoms with Crippen LogP contribution >= 0.6 is 0 Å². The molecule has 0 radical (unpaired) electrons. The molecular formula is C13H11N3. The van der Waals surface area contributed by atoms with Crippen LogP contribution in [-0.4, -0.2) is 11.2 Å². The van der Waals surface area contributed by atoms with Gasteiger partial charge >= 0.3 is 0 Å². The maximum atomic E-state index is 5.71. The van der Waals surface area contributed by atoms with Crippen LogP contribution in [0.2, 0.25) is 0 Å². The average Bonchev–Trinajstić information content (AvgIpc) is 2.89. The molecule has 3 nitrogen and oxygen atoms in total. The standard InChI is InChI=1S/C13H11N3/c14-10-3-4-12-9(8-16-13(12)7-10)6-11-2-1-5-15-11/h1-8,15H,14H2. The summed E-state index contributed by atoms with van der Waals surface area (Å²) in [5.74, 6) is 0. The van der Waals surface area contributed by atoms with Gasteiger partial charge in [0.05, 0.1) is 5.69 Å². The van der Waals surface area contributed by atoms with Gasteiger partial charge in [0, 0.05) is 34.9 Å². The van der Waals surface area contributed by atoms with E-state index >= 15 is 0 Å². The van der Waals surface area contributed by atoms with Crippen molar-refractivity contribution in [2.24, 2.45) is 4.99 Å². The van der Waals surface area contributed by atoms with Crippen LogP contribution < -0.4 is 5.73 Å². The van der Waals surface area contributed by atoms with Gasteiger partial charge in [-0.2, -0.15) is 0 Å². The second-order valence-corrected chi connectivity index (χ2v) is 3.76. The number of hydrogen-bond donors (Lipinski definition) is 2. The molecule has 0 unspecified atom stereocenters. The third kappa shape index (κ3) is 1.42. The van der Waals surface area contributed by atoms with Crippen molar-refractivity contribution in [3.63, 3.8) is 0 Å². The second-order valence-electron chi connectivity index (χ2n) is 3.76. The molecule has 0 bridgehead atoms. The van der Waals surface area contributed by atoms with E-state index in [1.807, 2.05) is 42.7 Å². The van der Waals surface area contributed by atoms with Crippen molar-refractivity contribution >= 4 is 29.2 Å². The van der Waals surface area contributed by atoms with Crippen LogP contribution in [0.3, 0.4) is 0 Å². The Bertz CT molecular complexity index is 577. The fourth-order valence-electron chi connectivity index (χ4n) is 1.82. The molecule has 2 heterocycles. The Morgan fingerprint density at radius 1 is 1.25 bits per heavy atom. The third-order valence-electron chi connectivity index (χ3n) is 2.61. The molecule has 0 fully saturated rings. The number of aliphatic imine (C=N–C) groups is 1. The molecule has 3 rings (SSSR count). The minimum Gasteiger partial charge on any atom is -0.399 e. The van der Waals surface area contributed by atoms with Crippen molar-refractivity contribution in [1.29, 1.82) is 0 Å². The molecule has 2 aromatic rings. The fourth-order valence-corrected chi connectivity index (χ4v) is 1.82. The van der Waals surface area contributed by atoms with E-state index in [9.17, 15) is 0 Å². The van der Waals surface area contributed by atoms with Gasteiger partial charge in [0.15, 0.2) is 0 Å². The lowest BCUT2D eigenvalue weighted by Gasteiger charge is -2.00. The Kier molecular flexibility index (Phi) is 1.90. The van der Waals surface area contributed by atoms with E-state index in [0.29, 0.717) is 0 Å². The molecule has 16 heavy (non-hydrogen) atoms. The summed E-state index contributed by atoms with van der Waals surface area (Å²) in [6, 6.07) is 9.79. The lowest BCUT2D eigenvalue weighted by atomic mass is 10.1. The summed E-state index contributed by atoms with van der Waals surface area (Å²) in [5, 5.41) is 0. The summed E-state index contributed by atoms with van der Waals surface area (Å²) in [6.45, 7) is 0. The molecule has 3 N–H and O–H groups in total. The molecule has 3 heteroatoms. The predicted octanol–water partition coefficient (Wildman–Crippen LogP) is 2.85. The number of nitrogens with one attached hydrogen (secondary N) is 1. The van der Waals surface area contributed by atoms with Crippen molar-refractivity contribution in [2.75, 3.05) is 5.73 Å². The number of anilines is 1. The Morgan fingerprint density at radius 2 is 2.19 bits per heavy atom. The first kappa shape index (κ1) is 8.97. The zero-order valence-electron chi connectivity index (χ0n) is 8.64. The Balaban J connectivity index is 2.07. The number of nitrogen functional groups attached to an aromatic ring is 1. The largest absolute Gasteiger partial charge is 0.399 e. The van der Waals surface area contributed by atoms with Crippen LogP contribution in [0.15, 0.2) is 41.5 Å². The van der Waals surface area contributed by atoms with E-state index in [0.717, 1.165) is 28.2 Å². The summed E-state index contributed by atoms with van der Waals surface area (Å²) >= 11 is 0. The molecule has 0 atom stereocenters. The SMILES string of the molecule is Nc1ccc2c(c1)N=CC2=Cc1ccc[nH]1. The number of aromatic amines is 1. The van der Waals surface area contributed by atoms with Crippen LogP contribution in [0, 0.1) is 0 Å². The highest BCUT2D eigenvalue weighted by Gasteiger charge is 2.11. The van der Waals surface area contributed by atoms with Gasteiger partial charge in [-0.05, 0) is 30.3 Å². The molecule has 1 aliphatic heterocycles. The highest BCUT2D eigenvalue weighted by Crippen LogP contribution is 2.33. The first-order valence-electron chi connectivity index (χ1n) is 5.12. The number of rotatable bonds is 1. The zero-order chi connectivity index (χ0) is 11.0. The van der Waals surface area contributed by atoms with Gasteiger partial charge in [-0.25, -0.2) is 0 Å². The number of hydrogen-bond acceptors (Lipinski definition) is 2. The fraction of sp³-hybridized carbons (Fsp3) is 0. The van der Waals surface area contributed by atoms with Gasteiger partial charge < -0.3 is 10.7 Å². The average molecular weight is 209 g/mol. The van der Waals surface area contributed by atoms with Gasteiger partial charge in [-0.3, -0.25) is 4.99 Å². The van der Waals surface area contributed by atoms with E-state index in [-0.39, 0.29) is 0 Å². The summed E-state index contributed by atoms with van der Waals surface area (Å²) in [5.41, 5.74) is 10.7. The van der Waals surface area contributed by atoms with Crippen molar-refractivity contribution in [2.45, 2.75) is 0 Å². The summed E-state index contributed by atoms with van der Waals surface area (Å²) in [4.78, 5) is 7.48. The number of fused-ring (bicyclic) bond motifs is 1. The lowest BCUT2D eigenvalue weighted by Crippen LogP contribution is -1.85. The van der Waals surface area contributed by atoms with E-state index < -0.39 is 0 Å². The van der Waals surface area contributed by atoms with Crippen molar-refractivity contribution in [1.82, 2.24) is 4.98 Å². The third-order valence-corrected chi connectivity index (χ3v) is 2.61. The molecule has 0 saturated heterocycles. The maximum Gasteiger partial charge on any atom is 0.0729 e. The first-order valence-corrected chi connectivity index (χ1v) is 5.12. The summed E-state index contributed by atoms with van der Waals surface area (Å²) in [7, 11) is 0. The Morgan fingerprint density at radius 3 is 3.00 bits per heavy atom. The van der Waals surface area contributed by atoms with Crippen molar-refractivity contribution in [3.8, 4) is 0 Å². The van der Waals surface area contributed by atoms with Crippen molar-refractivity contribution in [3.05, 3.63) is 47.8 Å². The monoisotopic (exact) mass is 209 g/mol. The van der Waals surface area contributed by atoms with Gasteiger partial charge in [-0.15, -0.1) is 0 Å². The number of allylic oxidation sites excluding steroid dienone is 1. The minimum absolute atomic E-state index is 0.747. The highest BCUT2D eigenvalue weighted by molar-refractivity contribution is 6.21. The molecule has 1 aromatic heterocycles. The molecule has 0 spiro atoms. The van der Waals surface area contributed by atoms with Crippen LogP contribution in [-0.2, 0) is 0 Å². The zero-order valence-corrected chi connectivity index (χ0v) is 8.64. The molecule has 0 saturated carbocycles. The van der Waals surface area contributed by atoms with E-state index in [1.54, 1.807) is 0 Å². The molecular weight excluding hydrogens is 198 g/mol. The van der Waals surface area contributed by atoms with Crippen LogP contribution in [0.1, 0.15) is 11.3 Å². The molecule has 1 aromatic carbocycles. The van der Waals surface area contributed by atoms with Gasteiger partial charge in [0.25, 0.3) is 0 Å². The normalized spacial score (nSPS) is 15.6. The number of benzene rings is 1. The van der Waals surface area contributed by atoms with E-state index in [2.05, 4.69) is 16.1 Å². The quantitative estimate of drug-likeness (QED) is 0.697. The van der Waals surface area contributed by atoms with Crippen molar-refractivity contribution < 1.29 is 0 Å². The van der Waals surface area contributed by atoms with Gasteiger partial charge in [0.1, 0.15) is 0 Å². The van der Waals surface area contributed by atoms with Gasteiger partial charge in [-0.1, -0.05) is 6.07 Å². The number of aromatic nitrogens is 1. The summed E-state index contributed by atoms with van der Waals surface area (Å²) < 4.78 is 0. The first-order chi connectivity index (χ1) is 7.83. The Labute approximate surface area is 93.3 Å². The molecule has 0 amide bonds. The maximum absolute atomic E-state index is 5.71. The molecule has 78 valence electrons. The van der Waals surface area contributed by atoms with E-state index in [4.69, 9.17) is 5.73 Å². The minimum atomic E-state index is 0.747. The lowest BCUT2D eigenvalue weighted by molar-refractivity contribution is 1.38. The number of nitrogens with zero attached hydrogens (tertiary/aromatic N) is 1. The van der Waals surface area contributed by atoms with Crippen LogP contribution in [0.25, 0.3) is 11.6 Å². The molecule has 0 aliphatic carbocycles. The van der Waals surface area contributed by atoms with Crippen LogP contribution in [0.4, 0.5) is 11.4 Å². The van der Waals surface area contributed by atoms with Gasteiger partial charge in [0.2, 0.25) is 0 Å². The number of nitrogens with two attached hydrogens (primary N) is 1. The second kappa shape index (κ2) is 3.38. The molecule has 1 aliphatic rings. The van der Waals surface area contributed by atoms with E-state index in [1.165, 1.54) is 0 Å². The summed E-state index contributed by atoms with van der Waals surface area (Å²) in [6.07, 6.45) is 5.85. The number of H-pyrrole nitrogens is 1. The smallest absolute Gasteiger partial charge is 0.0729 e. The predicted molar refractivity (Wildman–Crippen MR) is 67.7 cm³/mol. The topological polar surface area (TPSA) is 54.2 Å². The Hall–Kier alpha value is -2.29.